The minimum absolute atomic E-state index is 0.00894. The standard InChI is InChI=1S/C19H20ClF3N4O3/c1-17(2,3)12-8-13(26-30-12)25-16(29)18(4)6-5-14(28)27(18)15-11(20)7-10(9-24-15)19(21,22)23/h7-9H,5-6H2,1-4H3,(H,25,26,29). The Morgan fingerprint density at radius 2 is 1.97 bits per heavy atom. The second-order valence-electron chi connectivity index (χ2n) is 8.31. The number of nitrogens with zero attached hydrogens (tertiary/aromatic N) is 3. The van der Waals surface area contributed by atoms with Crippen molar-refractivity contribution < 1.29 is 27.3 Å². The fourth-order valence-electron chi connectivity index (χ4n) is 3.10. The van der Waals surface area contributed by atoms with Gasteiger partial charge >= 0.3 is 6.18 Å². The van der Waals surface area contributed by atoms with Crippen LogP contribution >= 0.6 is 11.6 Å². The summed E-state index contributed by atoms with van der Waals surface area (Å²) in [6, 6.07) is 2.26. The molecular formula is C19H20ClF3N4O3. The van der Waals surface area contributed by atoms with E-state index in [2.05, 4.69) is 15.5 Å². The fourth-order valence-corrected chi connectivity index (χ4v) is 3.36. The maximum absolute atomic E-state index is 13.0. The van der Waals surface area contributed by atoms with Crippen molar-refractivity contribution in [1.82, 2.24) is 10.1 Å². The van der Waals surface area contributed by atoms with Crippen LogP contribution in [-0.4, -0.2) is 27.5 Å². The first-order valence-corrected chi connectivity index (χ1v) is 9.46. The molecule has 1 saturated heterocycles. The van der Waals surface area contributed by atoms with Gasteiger partial charge in [-0.2, -0.15) is 13.2 Å². The highest BCUT2D eigenvalue weighted by Gasteiger charge is 2.50. The van der Waals surface area contributed by atoms with Gasteiger partial charge in [-0.3, -0.25) is 14.5 Å². The van der Waals surface area contributed by atoms with Crippen LogP contribution in [0.2, 0.25) is 5.02 Å². The van der Waals surface area contributed by atoms with Crippen molar-refractivity contribution in [2.75, 3.05) is 10.2 Å². The first-order chi connectivity index (χ1) is 13.7. The van der Waals surface area contributed by atoms with E-state index in [0.717, 1.165) is 4.90 Å². The predicted octanol–water partition coefficient (Wildman–Crippen LogP) is 4.56. The summed E-state index contributed by atoms with van der Waals surface area (Å²) in [7, 11) is 0. The smallest absolute Gasteiger partial charge is 0.359 e. The highest BCUT2D eigenvalue weighted by atomic mass is 35.5. The highest BCUT2D eigenvalue weighted by molar-refractivity contribution is 6.34. The van der Waals surface area contributed by atoms with Crippen molar-refractivity contribution in [3.8, 4) is 0 Å². The van der Waals surface area contributed by atoms with Crippen molar-refractivity contribution in [3.63, 3.8) is 0 Å². The van der Waals surface area contributed by atoms with E-state index in [1.54, 1.807) is 6.07 Å². The average Bonchev–Trinajstić information content (AvgIpc) is 3.20. The van der Waals surface area contributed by atoms with Gasteiger partial charge in [0.2, 0.25) is 5.91 Å². The van der Waals surface area contributed by atoms with E-state index in [0.29, 0.717) is 18.0 Å². The number of carbonyl (C=O) groups excluding carboxylic acids is 2. The molecule has 1 N–H and O–H groups in total. The van der Waals surface area contributed by atoms with Crippen molar-refractivity contribution in [1.29, 1.82) is 0 Å². The number of rotatable bonds is 3. The number of anilines is 2. The molecule has 0 aromatic carbocycles. The molecule has 0 saturated carbocycles. The van der Waals surface area contributed by atoms with Crippen molar-refractivity contribution >= 4 is 35.1 Å². The number of alkyl halides is 3. The number of amides is 2. The third kappa shape index (κ3) is 4.00. The predicted molar refractivity (Wildman–Crippen MR) is 103 cm³/mol. The Morgan fingerprint density at radius 1 is 1.30 bits per heavy atom. The second-order valence-corrected chi connectivity index (χ2v) is 8.72. The summed E-state index contributed by atoms with van der Waals surface area (Å²) >= 11 is 6.01. The molecule has 2 amide bonds. The lowest BCUT2D eigenvalue weighted by atomic mass is 9.93. The average molecular weight is 445 g/mol. The van der Waals surface area contributed by atoms with Gasteiger partial charge < -0.3 is 9.84 Å². The molecule has 1 aliphatic heterocycles. The van der Waals surface area contributed by atoms with Crippen molar-refractivity contribution in [2.24, 2.45) is 0 Å². The topological polar surface area (TPSA) is 88.3 Å². The van der Waals surface area contributed by atoms with Crippen LogP contribution in [0, 0.1) is 0 Å². The number of hydrogen-bond donors (Lipinski definition) is 1. The van der Waals surface area contributed by atoms with Gasteiger partial charge in [0.1, 0.15) is 11.3 Å². The van der Waals surface area contributed by atoms with E-state index in [-0.39, 0.29) is 34.9 Å². The molecule has 3 heterocycles. The van der Waals surface area contributed by atoms with Crippen LogP contribution in [0.4, 0.5) is 24.8 Å². The molecule has 0 spiro atoms. The molecule has 0 aliphatic carbocycles. The van der Waals surface area contributed by atoms with Gasteiger partial charge in [0.15, 0.2) is 11.6 Å². The number of hydrogen-bond acceptors (Lipinski definition) is 5. The molecule has 1 fully saturated rings. The molecule has 2 aromatic heterocycles. The van der Waals surface area contributed by atoms with Crippen LogP contribution in [0.1, 0.15) is 51.9 Å². The Bertz CT molecular complexity index is 1000. The van der Waals surface area contributed by atoms with Crippen LogP contribution < -0.4 is 10.2 Å². The largest absolute Gasteiger partial charge is 0.417 e. The monoisotopic (exact) mass is 444 g/mol. The minimum atomic E-state index is -4.64. The van der Waals surface area contributed by atoms with E-state index in [1.165, 1.54) is 6.92 Å². The van der Waals surface area contributed by atoms with E-state index in [1.807, 2.05) is 20.8 Å². The molecule has 1 aliphatic rings. The van der Waals surface area contributed by atoms with Gasteiger partial charge in [-0.25, -0.2) is 4.98 Å². The van der Waals surface area contributed by atoms with E-state index in [9.17, 15) is 22.8 Å². The van der Waals surface area contributed by atoms with Gasteiger partial charge in [-0.1, -0.05) is 37.5 Å². The lowest BCUT2D eigenvalue weighted by Crippen LogP contribution is -2.53. The zero-order chi connectivity index (χ0) is 22.5. The summed E-state index contributed by atoms with van der Waals surface area (Å²) < 4.78 is 43.9. The molecular weight excluding hydrogens is 425 g/mol. The number of pyridine rings is 1. The normalized spacial score (nSPS) is 20.0. The van der Waals surface area contributed by atoms with E-state index >= 15 is 0 Å². The molecule has 2 aromatic rings. The minimum Gasteiger partial charge on any atom is -0.359 e. The lowest BCUT2D eigenvalue weighted by molar-refractivity contribution is -0.137. The molecule has 3 rings (SSSR count). The van der Waals surface area contributed by atoms with Gasteiger partial charge in [0.05, 0.1) is 10.6 Å². The fraction of sp³-hybridized carbons (Fsp3) is 0.474. The molecule has 0 radical (unpaired) electrons. The van der Waals surface area contributed by atoms with E-state index < -0.39 is 29.1 Å². The highest BCUT2D eigenvalue weighted by Crippen LogP contribution is 2.40. The maximum atomic E-state index is 13.0. The Labute approximate surface area is 175 Å². The molecule has 30 heavy (non-hydrogen) atoms. The Hall–Kier alpha value is -2.62. The SMILES string of the molecule is CC(C)(C)c1cc(NC(=O)C2(C)CCC(=O)N2c2ncc(C(F)(F)F)cc2Cl)no1. The Morgan fingerprint density at radius 3 is 2.50 bits per heavy atom. The van der Waals surface area contributed by atoms with Crippen LogP contribution in [-0.2, 0) is 21.2 Å². The molecule has 11 heteroatoms. The summed E-state index contributed by atoms with van der Waals surface area (Å²) in [6.07, 6.45) is -3.92. The third-order valence-electron chi connectivity index (χ3n) is 4.91. The van der Waals surface area contributed by atoms with Crippen LogP contribution in [0.15, 0.2) is 22.9 Å². The van der Waals surface area contributed by atoms with Crippen LogP contribution in [0.25, 0.3) is 0 Å². The zero-order valence-electron chi connectivity index (χ0n) is 16.7. The Kier molecular flexibility index (Phi) is 5.34. The van der Waals surface area contributed by atoms with Gasteiger partial charge in [0.25, 0.3) is 5.91 Å². The van der Waals surface area contributed by atoms with E-state index in [4.69, 9.17) is 16.1 Å². The number of halogens is 4. The van der Waals surface area contributed by atoms with Gasteiger partial charge in [-0.05, 0) is 19.4 Å². The van der Waals surface area contributed by atoms with Crippen LogP contribution in [0.3, 0.4) is 0 Å². The molecule has 0 bridgehead atoms. The zero-order valence-corrected chi connectivity index (χ0v) is 17.5. The third-order valence-corrected chi connectivity index (χ3v) is 5.19. The molecule has 7 nitrogen and oxygen atoms in total. The number of nitrogens with one attached hydrogen (secondary N) is 1. The summed E-state index contributed by atoms with van der Waals surface area (Å²) in [5, 5.41) is 6.05. The Balaban J connectivity index is 1.91. The summed E-state index contributed by atoms with van der Waals surface area (Å²) in [5.41, 5.74) is -2.80. The molecule has 1 atom stereocenters. The summed E-state index contributed by atoms with van der Waals surface area (Å²) in [4.78, 5) is 30.3. The van der Waals surface area contributed by atoms with Gasteiger partial charge in [-0.15, -0.1) is 0 Å². The number of aromatic nitrogens is 2. The first kappa shape index (κ1) is 22.1. The summed E-state index contributed by atoms with van der Waals surface area (Å²) in [6.45, 7) is 7.23. The number of carbonyl (C=O) groups is 2. The van der Waals surface area contributed by atoms with Crippen molar-refractivity contribution in [3.05, 3.63) is 34.7 Å². The maximum Gasteiger partial charge on any atom is 0.417 e. The summed E-state index contributed by atoms with van der Waals surface area (Å²) in [5.74, 6) is -0.552. The lowest BCUT2D eigenvalue weighted by Gasteiger charge is -2.33. The van der Waals surface area contributed by atoms with Crippen LogP contribution in [0.5, 0.6) is 0 Å². The molecule has 1 unspecified atom stereocenters. The van der Waals surface area contributed by atoms with Gasteiger partial charge in [0, 0.05) is 24.1 Å². The van der Waals surface area contributed by atoms with Crippen molar-refractivity contribution in [2.45, 2.75) is 57.7 Å². The quantitative estimate of drug-likeness (QED) is 0.749. The second kappa shape index (κ2) is 7.26. The molecule has 162 valence electrons. The first-order valence-electron chi connectivity index (χ1n) is 9.08.